The number of carbonyl (C=O) groups excluding carboxylic acids is 2. The smallest absolute Gasteiger partial charge is 0.247 e. The summed E-state index contributed by atoms with van der Waals surface area (Å²) in [6, 6.07) is 14.3. The number of benzene rings is 2. The fourth-order valence-corrected chi connectivity index (χ4v) is 3.52. The van der Waals surface area contributed by atoms with Gasteiger partial charge in [0.25, 0.3) is 0 Å². The third-order valence-electron chi connectivity index (χ3n) is 5.53. The predicted molar refractivity (Wildman–Crippen MR) is 114 cm³/mol. The lowest BCUT2D eigenvalue weighted by atomic mass is 9.94. The number of anilines is 1. The van der Waals surface area contributed by atoms with Crippen molar-refractivity contribution < 1.29 is 14.3 Å². The van der Waals surface area contributed by atoms with Gasteiger partial charge in [0.15, 0.2) is 0 Å². The zero-order valence-corrected chi connectivity index (χ0v) is 17.2. The highest BCUT2D eigenvalue weighted by molar-refractivity contribution is 5.98. The molecule has 1 aliphatic rings. The van der Waals surface area contributed by atoms with Gasteiger partial charge in [-0.1, -0.05) is 50.6 Å². The maximum atomic E-state index is 12.9. The highest BCUT2D eigenvalue weighted by atomic mass is 16.5. The second kappa shape index (κ2) is 9.56. The van der Waals surface area contributed by atoms with Crippen LogP contribution in [-0.4, -0.2) is 31.0 Å². The van der Waals surface area contributed by atoms with Crippen molar-refractivity contribution >= 4 is 17.5 Å². The fraction of sp³-hybridized carbons (Fsp3) is 0.391. The number of amides is 2. The Kier molecular flexibility index (Phi) is 6.88. The van der Waals surface area contributed by atoms with Gasteiger partial charge in [-0.15, -0.1) is 0 Å². The minimum atomic E-state index is -0.613. The average Bonchev–Trinajstić information content (AvgIpc) is 2.76. The maximum absolute atomic E-state index is 12.9. The van der Waals surface area contributed by atoms with Crippen LogP contribution in [0.25, 0.3) is 0 Å². The normalized spacial score (nSPS) is 17.6. The van der Waals surface area contributed by atoms with Crippen LogP contribution in [0.3, 0.4) is 0 Å². The van der Waals surface area contributed by atoms with Gasteiger partial charge in [0.2, 0.25) is 11.8 Å². The summed E-state index contributed by atoms with van der Waals surface area (Å²) in [6.45, 7) is 4.63. The molecule has 0 unspecified atom stereocenters. The Hall–Kier alpha value is -2.86. The Bertz CT molecular complexity index is 868. The molecule has 0 spiro atoms. The minimum absolute atomic E-state index is 0.000402. The van der Waals surface area contributed by atoms with Crippen LogP contribution < -0.4 is 20.7 Å². The molecule has 1 aliphatic heterocycles. The predicted octanol–water partition coefficient (Wildman–Crippen LogP) is 2.88. The van der Waals surface area contributed by atoms with Crippen molar-refractivity contribution in [2.75, 3.05) is 12.4 Å². The van der Waals surface area contributed by atoms with Gasteiger partial charge in [0.05, 0.1) is 13.2 Å². The van der Waals surface area contributed by atoms with Crippen LogP contribution >= 0.6 is 0 Å². The molecule has 0 saturated heterocycles. The molecule has 3 rings (SSSR count). The lowest BCUT2D eigenvalue weighted by Crippen LogP contribution is -2.55. The molecule has 2 aromatic rings. The SMILES string of the molecule is CC[C@H](C)[C@H](NC(=O)[C@@H]1Cc2ccccc2CN1)C(=O)Nc1cccc(OC)c1. The third-order valence-corrected chi connectivity index (χ3v) is 5.53. The molecule has 0 radical (unpaired) electrons. The Morgan fingerprint density at radius 3 is 2.66 bits per heavy atom. The van der Waals surface area contributed by atoms with E-state index in [0.717, 1.165) is 6.42 Å². The van der Waals surface area contributed by atoms with Gasteiger partial charge in [-0.05, 0) is 35.6 Å². The van der Waals surface area contributed by atoms with Gasteiger partial charge < -0.3 is 20.7 Å². The van der Waals surface area contributed by atoms with Crippen molar-refractivity contribution in [2.24, 2.45) is 5.92 Å². The molecule has 3 N–H and O–H groups in total. The third kappa shape index (κ3) is 5.15. The Morgan fingerprint density at radius 1 is 1.17 bits per heavy atom. The fourth-order valence-electron chi connectivity index (χ4n) is 3.52. The van der Waals surface area contributed by atoms with E-state index >= 15 is 0 Å². The van der Waals surface area contributed by atoms with E-state index < -0.39 is 6.04 Å². The summed E-state index contributed by atoms with van der Waals surface area (Å²) in [5.74, 6) is 0.292. The molecule has 2 aromatic carbocycles. The molecular weight excluding hydrogens is 366 g/mol. The zero-order valence-electron chi connectivity index (χ0n) is 17.2. The van der Waals surface area contributed by atoms with Crippen LogP contribution in [0, 0.1) is 5.92 Å². The van der Waals surface area contributed by atoms with E-state index in [4.69, 9.17) is 4.74 Å². The Morgan fingerprint density at radius 2 is 1.93 bits per heavy atom. The number of rotatable bonds is 7. The highest BCUT2D eigenvalue weighted by Gasteiger charge is 2.30. The van der Waals surface area contributed by atoms with Crippen LogP contribution in [0.5, 0.6) is 5.75 Å². The van der Waals surface area contributed by atoms with Gasteiger partial charge in [0, 0.05) is 18.3 Å². The van der Waals surface area contributed by atoms with Crippen LogP contribution in [0.1, 0.15) is 31.4 Å². The molecule has 0 bridgehead atoms. The molecule has 29 heavy (non-hydrogen) atoms. The van der Waals surface area contributed by atoms with Crippen LogP contribution in [0.4, 0.5) is 5.69 Å². The monoisotopic (exact) mass is 395 g/mol. The summed E-state index contributed by atoms with van der Waals surface area (Å²) in [5.41, 5.74) is 3.03. The standard InChI is InChI=1S/C23H29N3O3/c1-4-15(2)21(23(28)25-18-10-7-11-19(13-18)29-3)26-22(27)20-12-16-8-5-6-9-17(16)14-24-20/h5-11,13,15,20-21,24H,4,12,14H2,1-3H3,(H,25,28)(H,26,27)/t15-,20-,21-/m0/s1. The number of methoxy groups -OCH3 is 1. The number of hydrogen-bond donors (Lipinski definition) is 3. The number of nitrogens with one attached hydrogen (secondary N) is 3. The number of hydrogen-bond acceptors (Lipinski definition) is 4. The van der Waals surface area contributed by atoms with Crippen molar-refractivity contribution in [1.29, 1.82) is 0 Å². The van der Waals surface area contributed by atoms with Gasteiger partial charge in [-0.3, -0.25) is 9.59 Å². The Balaban J connectivity index is 1.68. The summed E-state index contributed by atoms with van der Waals surface area (Å²) in [6.07, 6.45) is 1.39. The van der Waals surface area contributed by atoms with E-state index in [1.165, 1.54) is 11.1 Å². The first-order chi connectivity index (χ1) is 14.0. The highest BCUT2D eigenvalue weighted by Crippen LogP contribution is 2.19. The van der Waals surface area contributed by atoms with Crippen molar-refractivity contribution in [2.45, 2.75) is 45.3 Å². The van der Waals surface area contributed by atoms with Crippen molar-refractivity contribution in [1.82, 2.24) is 10.6 Å². The first-order valence-corrected chi connectivity index (χ1v) is 10.1. The van der Waals surface area contributed by atoms with E-state index in [2.05, 4.69) is 28.1 Å². The van der Waals surface area contributed by atoms with E-state index in [1.54, 1.807) is 19.2 Å². The van der Waals surface area contributed by atoms with Crippen molar-refractivity contribution in [3.05, 3.63) is 59.7 Å². The molecule has 6 heteroatoms. The number of ether oxygens (including phenoxy) is 1. The van der Waals surface area contributed by atoms with E-state index in [0.29, 0.717) is 24.4 Å². The molecule has 3 atom stereocenters. The Labute approximate surface area is 172 Å². The first kappa shape index (κ1) is 20.9. The molecule has 1 heterocycles. The molecule has 6 nitrogen and oxygen atoms in total. The van der Waals surface area contributed by atoms with E-state index in [-0.39, 0.29) is 23.8 Å². The molecule has 2 amide bonds. The van der Waals surface area contributed by atoms with Gasteiger partial charge in [-0.2, -0.15) is 0 Å². The topological polar surface area (TPSA) is 79.5 Å². The van der Waals surface area contributed by atoms with Crippen LogP contribution in [0.15, 0.2) is 48.5 Å². The van der Waals surface area contributed by atoms with E-state index in [9.17, 15) is 9.59 Å². The molecule has 0 saturated carbocycles. The summed E-state index contributed by atoms with van der Waals surface area (Å²) in [4.78, 5) is 25.9. The molecular formula is C23H29N3O3. The quantitative estimate of drug-likeness (QED) is 0.674. The van der Waals surface area contributed by atoms with Crippen LogP contribution in [0.2, 0.25) is 0 Å². The summed E-state index contributed by atoms with van der Waals surface area (Å²) >= 11 is 0. The number of fused-ring (bicyclic) bond motifs is 1. The molecule has 0 fully saturated rings. The first-order valence-electron chi connectivity index (χ1n) is 10.1. The zero-order chi connectivity index (χ0) is 20.8. The van der Waals surface area contributed by atoms with Crippen molar-refractivity contribution in [3.63, 3.8) is 0 Å². The van der Waals surface area contributed by atoms with Gasteiger partial charge >= 0.3 is 0 Å². The van der Waals surface area contributed by atoms with Gasteiger partial charge in [0.1, 0.15) is 11.8 Å². The molecule has 154 valence electrons. The second-order valence-corrected chi connectivity index (χ2v) is 7.50. The summed E-state index contributed by atoms with van der Waals surface area (Å²) in [5, 5.41) is 9.15. The lowest BCUT2D eigenvalue weighted by Gasteiger charge is -2.29. The van der Waals surface area contributed by atoms with E-state index in [1.807, 2.05) is 38.1 Å². The maximum Gasteiger partial charge on any atom is 0.247 e. The average molecular weight is 396 g/mol. The van der Waals surface area contributed by atoms with Crippen LogP contribution in [-0.2, 0) is 22.6 Å². The summed E-state index contributed by atoms with van der Waals surface area (Å²) in [7, 11) is 1.58. The molecule has 0 aromatic heterocycles. The van der Waals surface area contributed by atoms with Gasteiger partial charge in [-0.25, -0.2) is 0 Å². The minimum Gasteiger partial charge on any atom is -0.497 e. The second-order valence-electron chi connectivity index (χ2n) is 7.50. The van der Waals surface area contributed by atoms with Crippen molar-refractivity contribution in [3.8, 4) is 5.75 Å². The largest absolute Gasteiger partial charge is 0.497 e. The number of carbonyl (C=O) groups is 2. The molecule has 0 aliphatic carbocycles. The summed E-state index contributed by atoms with van der Waals surface area (Å²) < 4.78 is 5.21. The lowest BCUT2D eigenvalue weighted by molar-refractivity contribution is -0.129.